The number of fused-ring (bicyclic) bond motifs is 1. The number of amidine groups is 1. The Hall–Kier alpha value is -8.97. The molecule has 3 aromatic carbocycles. The van der Waals surface area contributed by atoms with Crippen molar-refractivity contribution in [3.63, 3.8) is 0 Å². The summed E-state index contributed by atoms with van der Waals surface area (Å²) in [7, 11) is 0. The van der Waals surface area contributed by atoms with Gasteiger partial charge in [-0.25, -0.2) is 4.68 Å². The van der Waals surface area contributed by atoms with Gasteiger partial charge >= 0.3 is 0 Å². The molecule has 0 saturated carbocycles. The standard InChI is InChI=1S/C65H86N12O13/c1-6-58(66)69-22-12-17-52(55(82)28-42(61(68)86)27-46-33-70-51-16-11-10-15-50(46)51)72-64(89)54(23-37(2)3)77-35-47(74-75-77)34-71-62(87)43(25-40-13-8-7-9-14-40)30-57(84)60(39(5)79)73-63(88)44(31-59(67)85)29-56(83)53-32-49(81)36-76(53)65(90)45(24-38(4)78)26-41-18-20-48(80)21-19-41/h7-11,13-16,18-21,33,35,37,39,42-45,49,52-54,60,70,79-81H,6,12,17,22-32,34,36H2,1-5H3,(H2,66,69)(H2,67,85)(H2,68,86)(H,71,87)(H,72,89)(H,73,88)/t39-,42-,43-,44+,45-,49-,52+,53+,54+,60+/m1/s1. The van der Waals surface area contributed by atoms with Gasteiger partial charge < -0.3 is 63.1 Å². The van der Waals surface area contributed by atoms with Gasteiger partial charge in [0.25, 0.3) is 0 Å². The van der Waals surface area contributed by atoms with Gasteiger partial charge in [-0.3, -0.25) is 48.1 Å². The van der Waals surface area contributed by atoms with Crippen LogP contribution in [0.1, 0.15) is 127 Å². The molecule has 6 rings (SSSR count). The summed E-state index contributed by atoms with van der Waals surface area (Å²) < 4.78 is 1.34. The number of aromatic nitrogens is 4. The highest BCUT2D eigenvalue weighted by atomic mass is 16.3. The number of β-amino-alcohol motifs (C(OH)–C–C–N with tert-alkyl or cyclic N) is 1. The van der Waals surface area contributed by atoms with Gasteiger partial charge in [0.1, 0.15) is 29.3 Å². The molecule has 3 heterocycles. The summed E-state index contributed by atoms with van der Waals surface area (Å²) in [6, 6.07) is 17.4. The molecule has 5 aromatic rings. The number of carbonyl (C=O) groups is 10. The average Bonchev–Trinajstić information content (AvgIpc) is 1.86. The second-order valence-corrected chi connectivity index (χ2v) is 24.0. The molecule has 1 aliphatic rings. The van der Waals surface area contributed by atoms with Crippen molar-refractivity contribution < 1.29 is 63.3 Å². The minimum Gasteiger partial charge on any atom is -0.508 e. The summed E-state index contributed by atoms with van der Waals surface area (Å²) in [5.74, 6) is -10.7. The molecule has 1 fully saturated rings. The lowest BCUT2D eigenvalue weighted by atomic mass is 9.89. The van der Waals surface area contributed by atoms with Gasteiger partial charge in [-0.05, 0) is 93.2 Å². The van der Waals surface area contributed by atoms with E-state index in [0.29, 0.717) is 36.3 Å². The molecule has 13 N–H and O–H groups in total. The van der Waals surface area contributed by atoms with Crippen LogP contribution in [0.25, 0.3) is 10.9 Å². The second kappa shape index (κ2) is 33.6. The number of nitrogens with one attached hydrogen (secondary N) is 4. The monoisotopic (exact) mass is 1240 g/mol. The number of nitrogens with zero attached hydrogens (tertiary/aromatic N) is 5. The first-order chi connectivity index (χ1) is 42.8. The third-order valence-electron chi connectivity index (χ3n) is 16.1. The Morgan fingerprint density at radius 1 is 0.756 bits per heavy atom. The highest BCUT2D eigenvalue weighted by Gasteiger charge is 2.43. The normalized spacial score (nSPS) is 16.9. The van der Waals surface area contributed by atoms with Gasteiger partial charge in [0.2, 0.25) is 35.4 Å². The maximum Gasteiger partial charge on any atom is 0.245 e. The molecular weight excluding hydrogens is 1160 g/mol. The van der Waals surface area contributed by atoms with Crippen molar-refractivity contribution in [2.75, 3.05) is 13.1 Å². The predicted molar refractivity (Wildman–Crippen MR) is 333 cm³/mol. The molecule has 0 spiro atoms. The molecule has 0 bridgehead atoms. The summed E-state index contributed by atoms with van der Waals surface area (Å²) in [6.45, 7) is 8.04. The Morgan fingerprint density at radius 2 is 1.42 bits per heavy atom. The van der Waals surface area contributed by atoms with Gasteiger partial charge in [-0.1, -0.05) is 86.6 Å². The fraction of sp³-hybridized carbons (Fsp3) is 0.492. The first-order valence-electron chi connectivity index (χ1n) is 30.6. The van der Waals surface area contributed by atoms with E-state index in [9.17, 15) is 63.3 Å². The maximum atomic E-state index is 14.4. The molecule has 25 nitrogen and oxygen atoms in total. The topological polar surface area (TPSA) is 408 Å². The zero-order valence-electron chi connectivity index (χ0n) is 51.7. The summed E-state index contributed by atoms with van der Waals surface area (Å²) >= 11 is 0. The Labute approximate surface area is 522 Å². The molecule has 1 aliphatic heterocycles. The summed E-state index contributed by atoms with van der Waals surface area (Å²) in [6.07, 6.45) is -0.330. The minimum absolute atomic E-state index is 0.00532. The molecule has 484 valence electrons. The quantitative estimate of drug-likeness (QED) is 0.0155. The van der Waals surface area contributed by atoms with Crippen LogP contribution in [0.4, 0.5) is 0 Å². The van der Waals surface area contributed by atoms with Crippen LogP contribution in [0.15, 0.2) is 96.2 Å². The number of aliphatic imine (C=N–C) groups is 1. The third kappa shape index (κ3) is 20.8. The van der Waals surface area contributed by atoms with Crippen LogP contribution < -0.4 is 33.2 Å². The number of primary amides is 2. The number of phenolic OH excluding ortho intramolecular Hbond substituents is 1. The van der Waals surface area contributed by atoms with Crippen LogP contribution in [0.5, 0.6) is 5.75 Å². The number of carbonyl (C=O) groups excluding carboxylic acids is 10. The second-order valence-electron chi connectivity index (χ2n) is 24.0. The van der Waals surface area contributed by atoms with Crippen LogP contribution in [-0.4, -0.2) is 148 Å². The van der Waals surface area contributed by atoms with E-state index in [1.54, 1.807) is 48.7 Å². The number of aromatic hydroxyl groups is 1. The van der Waals surface area contributed by atoms with Crippen LogP contribution >= 0.6 is 0 Å². The number of amides is 6. The number of aliphatic hydroxyl groups excluding tert-OH is 2. The van der Waals surface area contributed by atoms with Crippen LogP contribution in [0.2, 0.25) is 0 Å². The van der Waals surface area contributed by atoms with Gasteiger partial charge in [-0.15, -0.1) is 5.10 Å². The maximum absolute atomic E-state index is 14.4. The van der Waals surface area contributed by atoms with Gasteiger partial charge in [-0.2, -0.15) is 0 Å². The van der Waals surface area contributed by atoms with Crippen molar-refractivity contribution in [1.82, 2.24) is 40.8 Å². The van der Waals surface area contributed by atoms with E-state index >= 15 is 0 Å². The number of Topliss-reactive ketones (excluding diaryl/α,β-unsaturated/α-hetero) is 4. The predicted octanol–water partition coefficient (Wildman–Crippen LogP) is 2.94. The summed E-state index contributed by atoms with van der Waals surface area (Å²) in [5.41, 5.74) is 20.6. The summed E-state index contributed by atoms with van der Waals surface area (Å²) in [5, 5.41) is 49.2. The number of ketones is 4. The van der Waals surface area contributed by atoms with Crippen LogP contribution in [0.3, 0.4) is 0 Å². The van der Waals surface area contributed by atoms with E-state index < -0.39 is 132 Å². The lowest BCUT2D eigenvalue weighted by molar-refractivity contribution is -0.143. The number of phenols is 1. The number of likely N-dealkylation sites (tertiary alicyclic amines) is 1. The number of rotatable bonds is 37. The minimum atomic E-state index is -1.66. The number of para-hydroxylation sites is 1. The number of hydrogen-bond acceptors (Lipinski definition) is 16. The zero-order valence-corrected chi connectivity index (χ0v) is 51.7. The molecule has 90 heavy (non-hydrogen) atoms. The fourth-order valence-corrected chi connectivity index (χ4v) is 11.3. The number of benzene rings is 3. The average molecular weight is 1240 g/mol. The molecule has 0 radical (unpaired) electrons. The van der Waals surface area contributed by atoms with E-state index in [-0.39, 0.29) is 87.6 Å². The van der Waals surface area contributed by atoms with E-state index in [1.807, 2.05) is 45.0 Å². The number of hydrogen-bond donors (Lipinski definition) is 10. The largest absolute Gasteiger partial charge is 0.508 e. The SMILES string of the molecule is CCC(N)=NCCC[C@H](NC(=O)[C@H](CC(C)C)n1cc(CNC(=O)[C@@H](CC(=O)[C@@H](NC(=O)[C@H](CC(N)=O)CC(=O)[C@@H]2C[C@@H](O)CN2C(=O)[C@H](CC(C)=O)Cc2ccc(O)cc2)[C@@H](C)O)Cc2ccccc2)nn1)C(=O)C[C@@H](Cc1c[nH]c2ccccc12)C(N)=O. The lowest BCUT2D eigenvalue weighted by Crippen LogP contribution is -2.51. The molecule has 0 aliphatic carbocycles. The summed E-state index contributed by atoms with van der Waals surface area (Å²) in [4.78, 5) is 146. The van der Waals surface area contributed by atoms with Crippen molar-refractivity contribution in [3.8, 4) is 5.75 Å². The van der Waals surface area contributed by atoms with E-state index in [0.717, 1.165) is 21.4 Å². The lowest BCUT2D eigenvalue weighted by Gasteiger charge is -2.29. The highest BCUT2D eigenvalue weighted by Crippen LogP contribution is 2.29. The number of H-pyrrole nitrogens is 1. The smallest absolute Gasteiger partial charge is 0.245 e. The van der Waals surface area contributed by atoms with Gasteiger partial charge in [0, 0.05) is 92.9 Å². The molecule has 6 amide bonds. The Kier molecular flexibility index (Phi) is 26.2. The molecule has 2 aromatic heterocycles. The van der Waals surface area contributed by atoms with E-state index in [1.165, 1.54) is 36.9 Å². The first-order valence-corrected chi connectivity index (χ1v) is 30.6. The van der Waals surface area contributed by atoms with E-state index in [2.05, 4.69) is 36.2 Å². The Balaban J connectivity index is 1.14. The molecular formula is C65H86N12O13. The molecule has 25 heteroatoms. The van der Waals surface area contributed by atoms with Gasteiger partial charge in [0.15, 0.2) is 17.3 Å². The molecule has 10 atom stereocenters. The van der Waals surface area contributed by atoms with Crippen molar-refractivity contribution in [3.05, 3.63) is 114 Å². The number of aromatic amines is 1. The van der Waals surface area contributed by atoms with Crippen molar-refractivity contribution in [2.24, 2.45) is 51.8 Å². The molecule has 0 unspecified atom stereocenters. The Morgan fingerprint density at radius 3 is 2.08 bits per heavy atom. The zero-order chi connectivity index (χ0) is 65.8. The number of aliphatic hydroxyl groups is 2. The van der Waals surface area contributed by atoms with Crippen LogP contribution in [0, 0.1) is 29.6 Å². The van der Waals surface area contributed by atoms with Crippen molar-refractivity contribution >= 4 is 75.3 Å². The number of nitrogens with two attached hydrogens (primary N) is 3. The first kappa shape index (κ1) is 70.1. The molecule has 1 saturated heterocycles. The van der Waals surface area contributed by atoms with Gasteiger partial charge in [0.05, 0.1) is 48.8 Å². The van der Waals surface area contributed by atoms with Crippen LogP contribution in [-0.2, 0) is 73.8 Å². The van der Waals surface area contributed by atoms with Crippen molar-refractivity contribution in [1.29, 1.82) is 0 Å². The fourth-order valence-electron chi connectivity index (χ4n) is 11.3. The third-order valence-corrected chi connectivity index (χ3v) is 16.1. The van der Waals surface area contributed by atoms with Crippen molar-refractivity contribution in [2.45, 2.75) is 161 Å². The van der Waals surface area contributed by atoms with E-state index in [4.69, 9.17) is 17.2 Å². The highest BCUT2D eigenvalue weighted by molar-refractivity contribution is 5.98. The Bertz CT molecular complexity index is 3340.